The van der Waals surface area contributed by atoms with Gasteiger partial charge in [0.05, 0.1) is 0 Å². The molecule has 8 heteroatoms. The molecule has 0 saturated carbocycles. The van der Waals surface area contributed by atoms with Crippen molar-refractivity contribution < 1.29 is 13.2 Å². The van der Waals surface area contributed by atoms with Crippen molar-refractivity contribution in [3.8, 4) is 0 Å². The van der Waals surface area contributed by atoms with Crippen molar-refractivity contribution >= 4 is 21.7 Å². The maximum absolute atomic E-state index is 11.9. The van der Waals surface area contributed by atoms with Gasteiger partial charge < -0.3 is 11.1 Å². The Kier molecular flexibility index (Phi) is 5.71. The third kappa shape index (κ3) is 4.84. The molecule has 19 heavy (non-hydrogen) atoms. The van der Waals surface area contributed by atoms with Gasteiger partial charge in [0.15, 0.2) is 0 Å². The molecule has 1 heterocycles. The third-order valence-corrected chi connectivity index (χ3v) is 3.81. The normalized spacial score (nSPS) is 11.2. The first kappa shape index (κ1) is 15.4. The molecule has 0 spiro atoms. The number of nitrogens with zero attached hydrogens (tertiary/aromatic N) is 1. The Labute approximate surface area is 112 Å². The molecule has 0 bridgehead atoms. The molecule has 0 aliphatic rings. The molecular formula is C11H18N4O3S. The van der Waals surface area contributed by atoms with Gasteiger partial charge in [0, 0.05) is 25.7 Å². The van der Waals surface area contributed by atoms with Crippen LogP contribution in [0.5, 0.6) is 0 Å². The zero-order valence-electron chi connectivity index (χ0n) is 10.7. The highest BCUT2D eigenvalue weighted by molar-refractivity contribution is 7.89. The number of pyridine rings is 1. The zero-order valence-corrected chi connectivity index (χ0v) is 11.5. The SMILES string of the molecule is CCCNC(=O)CCNS(=O)(=O)c1cccnc1N. The van der Waals surface area contributed by atoms with Gasteiger partial charge in [-0.3, -0.25) is 4.79 Å². The fraction of sp³-hybridized carbons (Fsp3) is 0.455. The van der Waals surface area contributed by atoms with Crippen LogP contribution < -0.4 is 15.8 Å². The molecule has 1 aromatic heterocycles. The molecular weight excluding hydrogens is 268 g/mol. The topological polar surface area (TPSA) is 114 Å². The number of nitrogens with two attached hydrogens (primary N) is 1. The average Bonchev–Trinajstić information content (AvgIpc) is 2.36. The Bertz CT molecular complexity index is 530. The van der Waals surface area contributed by atoms with Crippen molar-refractivity contribution in [1.29, 1.82) is 0 Å². The molecule has 0 aliphatic heterocycles. The van der Waals surface area contributed by atoms with E-state index < -0.39 is 10.0 Å². The maximum Gasteiger partial charge on any atom is 0.244 e. The lowest BCUT2D eigenvalue weighted by Crippen LogP contribution is -2.31. The summed E-state index contributed by atoms with van der Waals surface area (Å²) in [7, 11) is -3.72. The van der Waals surface area contributed by atoms with Gasteiger partial charge in [0.1, 0.15) is 10.7 Å². The monoisotopic (exact) mass is 286 g/mol. The highest BCUT2D eigenvalue weighted by Crippen LogP contribution is 2.13. The fourth-order valence-electron chi connectivity index (χ4n) is 1.36. The van der Waals surface area contributed by atoms with E-state index in [0.717, 1.165) is 6.42 Å². The van der Waals surface area contributed by atoms with E-state index in [1.165, 1.54) is 18.3 Å². The average molecular weight is 286 g/mol. The molecule has 0 saturated heterocycles. The molecule has 1 aromatic rings. The van der Waals surface area contributed by atoms with Gasteiger partial charge in [-0.05, 0) is 18.6 Å². The predicted octanol–water partition coefficient (Wildman–Crippen LogP) is -0.142. The van der Waals surface area contributed by atoms with Crippen molar-refractivity contribution in [2.45, 2.75) is 24.7 Å². The van der Waals surface area contributed by atoms with Crippen LogP contribution in [0.2, 0.25) is 0 Å². The number of hydrogen-bond donors (Lipinski definition) is 3. The number of nitrogen functional groups attached to an aromatic ring is 1. The highest BCUT2D eigenvalue weighted by Gasteiger charge is 2.17. The number of amides is 1. The summed E-state index contributed by atoms with van der Waals surface area (Å²) in [6, 6.07) is 2.85. The van der Waals surface area contributed by atoms with Crippen LogP contribution in [0.4, 0.5) is 5.82 Å². The lowest BCUT2D eigenvalue weighted by atomic mass is 10.4. The minimum absolute atomic E-state index is 0.0201. The molecule has 7 nitrogen and oxygen atoms in total. The first-order chi connectivity index (χ1) is 8.97. The number of sulfonamides is 1. The summed E-state index contributed by atoms with van der Waals surface area (Å²) in [6.07, 6.45) is 2.33. The van der Waals surface area contributed by atoms with E-state index in [0.29, 0.717) is 6.54 Å². The second kappa shape index (κ2) is 7.05. The molecule has 0 fully saturated rings. The van der Waals surface area contributed by atoms with Crippen LogP contribution in [-0.2, 0) is 14.8 Å². The molecule has 0 unspecified atom stereocenters. The van der Waals surface area contributed by atoms with Crippen LogP contribution in [0.25, 0.3) is 0 Å². The Morgan fingerprint density at radius 1 is 1.42 bits per heavy atom. The van der Waals surface area contributed by atoms with Crippen LogP contribution in [0.15, 0.2) is 23.2 Å². The molecule has 0 atom stereocenters. The highest BCUT2D eigenvalue weighted by atomic mass is 32.2. The summed E-state index contributed by atoms with van der Waals surface area (Å²) in [5, 5.41) is 2.66. The summed E-state index contributed by atoms with van der Waals surface area (Å²) in [6.45, 7) is 2.54. The summed E-state index contributed by atoms with van der Waals surface area (Å²) in [5.74, 6) is -0.255. The van der Waals surface area contributed by atoms with Crippen molar-refractivity contribution in [3.05, 3.63) is 18.3 Å². The van der Waals surface area contributed by atoms with Gasteiger partial charge in [-0.2, -0.15) is 0 Å². The number of rotatable bonds is 7. The van der Waals surface area contributed by atoms with E-state index in [1.807, 2.05) is 6.92 Å². The smallest absolute Gasteiger partial charge is 0.244 e. The van der Waals surface area contributed by atoms with Crippen molar-refractivity contribution in [3.63, 3.8) is 0 Å². The van der Waals surface area contributed by atoms with Crippen molar-refractivity contribution in [2.24, 2.45) is 0 Å². The van der Waals surface area contributed by atoms with Gasteiger partial charge in [0.25, 0.3) is 0 Å². The standard InChI is InChI=1S/C11H18N4O3S/c1-2-6-13-10(16)5-8-15-19(17,18)9-4-3-7-14-11(9)12/h3-4,7,15H,2,5-6,8H2,1H3,(H2,12,14)(H,13,16). The lowest BCUT2D eigenvalue weighted by molar-refractivity contribution is -0.120. The molecule has 1 rings (SSSR count). The summed E-state index contributed by atoms with van der Waals surface area (Å²) in [4.78, 5) is 14.9. The Morgan fingerprint density at radius 2 is 2.16 bits per heavy atom. The molecule has 0 aromatic carbocycles. The van der Waals surface area contributed by atoms with Crippen LogP contribution in [0.3, 0.4) is 0 Å². The first-order valence-corrected chi connectivity index (χ1v) is 7.42. The van der Waals surface area contributed by atoms with Gasteiger partial charge in [0.2, 0.25) is 15.9 Å². The van der Waals surface area contributed by atoms with E-state index >= 15 is 0 Å². The molecule has 0 aliphatic carbocycles. The molecule has 1 amide bonds. The number of nitrogens with one attached hydrogen (secondary N) is 2. The summed E-state index contributed by atoms with van der Waals surface area (Å²) >= 11 is 0. The van der Waals surface area contributed by atoms with Gasteiger partial charge >= 0.3 is 0 Å². The van der Waals surface area contributed by atoms with E-state index in [-0.39, 0.29) is 29.6 Å². The molecule has 0 radical (unpaired) electrons. The summed E-state index contributed by atoms with van der Waals surface area (Å²) < 4.78 is 26.1. The van der Waals surface area contributed by atoms with Gasteiger partial charge in [-0.25, -0.2) is 18.1 Å². The maximum atomic E-state index is 11.9. The number of aromatic nitrogens is 1. The number of carbonyl (C=O) groups excluding carboxylic acids is 1. The van der Waals surface area contributed by atoms with E-state index in [9.17, 15) is 13.2 Å². The van der Waals surface area contributed by atoms with Gasteiger partial charge in [-0.15, -0.1) is 0 Å². The van der Waals surface area contributed by atoms with E-state index in [1.54, 1.807) is 0 Å². The fourth-order valence-corrected chi connectivity index (χ4v) is 2.47. The zero-order chi connectivity index (χ0) is 14.3. The lowest BCUT2D eigenvalue weighted by Gasteiger charge is -2.08. The minimum atomic E-state index is -3.72. The van der Waals surface area contributed by atoms with E-state index in [2.05, 4.69) is 15.0 Å². The second-order valence-corrected chi connectivity index (χ2v) is 5.62. The third-order valence-electron chi connectivity index (χ3n) is 2.31. The van der Waals surface area contributed by atoms with E-state index in [4.69, 9.17) is 5.73 Å². The number of hydrogen-bond acceptors (Lipinski definition) is 5. The Hall–Kier alpha value is -1.67. The van der Waals surface area contributed by atoms with Crippen LogP contribution >= 0.6 is 0 Å². The number of carbonyl (C=O) groups is 1. The number of anilines is 1. The summed E-state index contributed by atoms with van der Waals surface area (Å²) in [5.41, 5.74) is 5.49. The second-order valence-electron chi connectivity index (χ2n) is 3.88. The Morgan fingerprint density at radius 3 is 2.79 bits per heavy atom. The molecule has 106 valence electrons. The van der Waals surface area contributed by atoms with Crippen LogP contribution in [0, 0.1) is 0 Å². The molecule has 4 N–H and O–H groups in total. The first-order valence-electron chi connectivity index (χ1n) is 5.94. The van der Waals surface area contributed by atoms with Crippen molar-refractivity contribution in [1.82, 2.24) is 15.0 Å². The van der Waals surface area contributed by atoms with Crippen molar-refractivity contribution in [2.75, 3.05) is 18.8 Å². The van der Waals surface area contributed by atoms with Crippen LogP contribution in [-0.4, -0.2) is 32.4 Å². The minimum Gasteiger partial charge on any atom is -0.383 e. The van der Waals surface area contributed by atoms with Gasteiger partial charge in [-0.1, -0.05) is 6.92 Å². The largest absolute Gasteiger partial charge is 0.383 e. The predicted molar refractivity (Wildman–Crippen MR) is 71.8 cm³/mol. The Balaban J connectivity index is 2.53. The van der Waals surface area contributed by atoms with Crippen LogP contribution in [0.1, 0.15) is 19.8 Å². The quantitative estimate of drug-likeness (QED) is 0.645.